The van der Waals surface area contributed by atoms with Crippen LogP contribution in [0, 0.1) is 5.41 Å². The first-order valence-corrected chi connectivity index (χ1v) is 10.4. The van der Waals surface area contributed by atoms with E-state index >= 15 is 0 Å². The minimum Gasteiger partial charge on any atom is -0.376 e. The number of nitrogens with one attached hydrogen (secondary N) is 3. The molecule has 2 aliphatic rings. The van der Waals surface area contributed by atoms with Crippen molar-refractivity contribution in [2.75, 3.05) is 18.4 Å². The molecule has 160 valence electrons. The molecule has 1 saturated heterocycles. The average Bonchev–Trinajstić information content (AvgIpc) is 3.22. The molecule has 1 aromatic carbocycles. The van der Waals surface area contributed by atoms with Gasteiger partial charge in [-0.2, -0.15) is 0 Å². The second-order valence-electron chi connectivity index (χ2n) is 7.90. The number of hydrogen-bond donors (Lipinski definition) is 4. The second kappa shape index (κ2) is 9.56. The predicted octanol–water partition coefficient (Wildman–Crippen LogP) is 1.56. The molecular weight excluding hydrogens is 382 g/mol. The molecule has 1 aliphatic carbocycles. The number of carbonyl (C=O) groups excluding carboxylic acids is 3. The third-order valence-electron chi connectivity index (χ3n) is 5.65. The number of nitrogens with two attached hydrogens (primary N) is 1. The quantitative estimate of drug-likeness (QED) is 0.401. The Balaban J connectivity index is 1.61. The number of rotatable bonds is 7. The first-order chi connectivity index (χ1) is 14.4. The highest BCUT2D eigenvalue weighted by molar-refractivity contribution is 6.44. The van der Waals surface area contributed by atoms with Gasteiger partial charge in [0, 0.05) is 23.8 Å². The number of para-hydroxylation sites is 1. The summed E-state index contributed by atoms with van der Waals surface area (Å²) >= 11 is 0. The van der Waals surface area contributed by atoms with Crippen LogP contribution in [0.3, 0.4) is 0 Å². The van der Waals surface area contributed by atoms with Crippen LogP contribution in [0.15, 0.2) is 35.9 Å². The van der Waals surface area contributed by atoms with Crippen LogP contribution in [0.25, 0.3) is 0 Å². The van der Waals surface area contributed by atoms with Crippen LogP contribution in [0.5, 0.6) is 0 Å². The topological polar surface area (TPSA) is 128 Å². The highest BCUT2D eigenvalue weighted by atomic mass is 16.2. The number of benzene rings is 1. The molecule has 1 aliphatic heterocycles. The van der Waals surface area contributed by atoms with E-state index in [1.54, 1.807) is 29.2 Å². The molecule has 0 saturated carbocycles. The van der Waals surface area contributed by atoms with Crippen LogP contribution in [0.1, 0.15) is 44.6 Å². The summed E-state index contributed by atoms with van der Waals surface area (Å²) in [7, 11) is 0. The molecule has 1 aromatic rings. The molecule has 0 radical (unpaired) electrons. The van der Waals surface area contributed by atoms with Gasteiger partial charge >= 0.3 is 0 Å². The first kappa shape index (κ1) is 21.5. The van der Waals surface area contributed by atoms with Gasteiger partial charge in [0.2, 0.25) is 11.8 Å². The van der Waals surface area contributed by atoms with Crippen LogP contribution < -0.4 is 16.4 Å². The maximum Gasteiger partial charge on any atom is 0.267 e. The molecule has 0 spiro atoms. The molecule has 1 unspecified atom stereocenters. The highest BCUT2D eigenvalue weighted by Crippen LogP contribution is 2.21. The first-order valence-electron chi connectivity index (χ1n) is 10.4. The van der Waals surface area contributed by atoms with Crippen molar-refractivity contribution in [1.82, 2.24) is 10.2 Å². The minimum atomic E-state index is -0.834. The van der Waals surface area contributed by atoms with Gasteiger partial charge in [-0.3, -0.25) is 19.8 Å². The minimum absolute atomic E-state index is 0.0325. The van der Waals surface area contributed by atoms with Crippen LogP contribution in [-0.4, -0.2) is 53.5 Å². The van der Waals surface area contributed by atoms with Crippen LogP contribution in [0.4, 0.5) is 5.69 Å². The molecule has 3 rings (SSSR count). The fourth-order valence-electron chi connectivity index (χ4n) is 4.10. The van der Waals surface area contributed by atoms with Crippen LogP contribution in [0.2, 0.25) is 0 Å². The molecule has 1 fully saturated rings. The van der Waals surface area contributed by atoms with Gasteiger partial charge in [-0.05, 0) is 45.1 Å². The zero-order valence-electron chi connectivity index (χ0n) is 17.2. The van der Waals surface area contributed by atoms with Crippen molar-refractivity contribution in [3.8, 4) is 0 Å². The van der Waals surface area contributed by atoms with Gasteiger partial charge in [0.15, 0.2) is 0 Å². The van der Waals surface area contributed by atoms with E-state index in [1.807, 2.05) is 0 Å². The number of carbonyl (C=O) groups is 3. The lowest BCUT2D eigenvalue weighted by atomic mass is 9.96. The van der Waals surface area contributed by atoms with E-state index in [0.29, 0.717) is 24.2 Å². The number of likely N-dealkylation sites (tertiary alicyclic amines) is 1. The Morgan fingerprint density at radius 3 is 2.70 bits per heavy atom. The Kier molecular flexibility index (Phi) is 6.87. The zero-order chi connectivity index (χ0) is 21.7. The largest absolute Gasteiger partial charge is 0.376 e. The number of allylic oxidation sites excluding steroid dienone is 1. The summed E-state index contributed by atoms with van der Waals surface area (Å²) in [5.74, 6) is -1.13. The monoisotopic (exact) mass is 411 g/mol. The molecule has 3 amide bonds. The van der Waals surface area contributed by atoms with Crippen molar-refractivity contribution in [2.24, 2.45) is 5.73 Å². The van der Waals surface area contributed by atoms with Gasteiger partial charge in [0.25, 0.3) is 5.91 Å². The summed E-state index contributed by atoms with van der Waals surface area (Å²) in [6.45, 7) is 2.58. The summed E-state index contributed by atoms with van der Waals surface area (Å²) in [6, 6.07) is 6.30. The number of amides is 3. The third kappa shape index (κ3) is 5.06. The summed E-state index contributed by atoms with van der Waals surface area (Å²) in [5.41, 5.74) is 7.01. The SMILES string of the molecule is CC1=CC(NC(=O)[C@@H]2CCCN2C(=O)CNc2ccccc2C(=N)C(N)=O)CCC1. The summed E-state index contributed by atoms with van der Waals surface area (Å²) in [6.07, 6.45) is 6.59. The fraction of sp³-hybridized carbons (Fsp3) is 0.455. The maximum atomic E-state index is 12.8. The van der Waals surface area contributed by atoms with Gasteiger partial charge in [-0.15, -0.1) is 0 Å². The molecule has 1 heterocycles. The smallest absolute Gasteiger partial charge is 0.267 e. The van der Waals surface area contributed by atoms with Crippen molar-refractivity contribution < 1.29 is 14.4 Å². The number of anilines is 1. The second-order valence-corrected chi connectivity index (χ2v) is 7.90. The van der Waals surface area contributed by atoms with Gasteiger partial charge in [-0.1, -0.05) is 29.8 Å². The average molecular weight is 412 g/mol. The van der Waals surface area contributed by atoms with E-state index in [0.717, 1.165) is 25.7 Å². The Morgan fingerprint density at radius 1 is 1.20 bits per heavy atom. The van der Waals surface area contributed by atoms with E-state index in [2.05, 4.69) is 23.6 Å². The fourth-order valence-corrected chi connectivity index (χ4v) is 4.10. The van der Waals surface area contributed by atoms with Crippen molar-refractivity contribution in [3.63, 3.8) is 0 Å². The molecule has 0 bridgehead atoms. The van der Waals surface area contributed by atoms with E-state index < -0.39 is 11.9 Å². The van der Waals surface area contributed by atoms with E-state index in [1.165, 1.54) is 5.57 Å². The molecule has 2 atom stereocenters. The van der Waals surface area contributed by atoms with Gasteiger partial charge in [-0.25, -0.2) is 0 Å². The lowest BCUT2D eigenvalue weighted by Gasteiger charge is -2.27. The summed E-state index contributed by atoms with van der Waals surface area (Å²) in [5, 5.41) is 13.9. The van der Waals surface area contributed by atoms with Crippen molar-refractivity contribution in [1.29, 1.82) is 5.41 Å². The molecule has 8 nitrogen and oxygen atoms in total. The normalized spacial score (nSPS) is 21.0. The molecule has 30 heavy (non-hydrogen) atoms. The number of primary amides is 1. The van der Waals surface area contributed by atoms with E-state index in [-0.39, 0.29) is 30.1 Å². The summed E-state index contributed by atoms with van der Waals surface area (Å²) < 4.78 is 0. The van der Waals surface area contributed by atoms with Crippen LogP contribution >= 0.6 is 0 Å². The summed E-state index contributed by atoms with van der Waals surface area (Å²) in [4.78, 5) is 38.6. The zero-order valence-corrected chi connectivity index (χ0v) is 17.2. The standard InChI is InChI=1S/C22H29N5O3/c1-14-6-4-7-15(12-14)26-22(30)18-10-5-11-27(18)19(28)13-25-17-9-3-2-8-16(17)20(23)21(24)29/h2-3,8-9,12,15,18,23,25H,4-7,10-11,13H2,1H3,(H2,24,29)(H,26,30)/t15?,18-/m0/s1. The van der Waals surface area contributed by atoms with Crippen molar-refractivity contribution in [3.05, 3.63) is 41.5 Å². The number of nitrogens with zero attached hydrogens (tertiary/aromatic N) is 1. The van der Waals surface area contributed by atoms with Crippen molar-refractivity contribution >= 4 is 29.1 Å². The van der Waals surface area contributed by atoms with E-state index in [4.69, 9.17) is 11.1 Å². The lowest BCUT2D eigenvalue weighted by Crippen LogP contribution is -2.50. The third-order valence-corrected chi connectivity index (χ3v) is 5.65. The van der Waals surface area contributed by atoms with Gasteiger partial charge in [0.1, 0.15) is 11.8 Å². The van der Waals surface area contributed by atoms with Crippen molar-refractivity contribution in [2.45, 2.75) is 51.1 Å². The predicted molar refractivity (Wildman–Crippen MR) is 115 cm³/mol. The molecular formula is C22H29N5O3. The lowest BCUT2D eigenvalue weighted by molar-refractivity contribution is -0.137. The van der Waals surface area contributed by atoms with E-state index in [9.17, 15) is 14.4 Å². The highest BCUT2D eigenvalue weighted by Gasteiger charge is 2.34. The molecule has 8 heteroatoms. The van der Waals surface area contributed by atoms with Gasteiger partial charge in [0.05, 0.1) is 6.54 Å². The maximum absolute atomic E-state index is 12.8. The molecule has 5 N–H and O–H groups in total. The van der Waals surface area contributed by atoms with Gasteiger partial charge < -0.3 is 21.3 Å². The molecule has 0 aromatic heterocycles. The Morgan fingerprint density at radius 2 is 1.97 bits per heavy atom. The Hall–Kier alpha value is -3.16. The number of hydrogen-bond acceptors (Lipinski definition) is 5. The van der Waals surface area contributed by atoms with Crippen LogP contribution in [-0.2, 0) is 14.4 Å². The Bertz CT molecular complexity index is 879. The Labute approximate surface area is 176 Å².